The molecule has 0 bridgehead atoms. The topological polar surface area (TPSA) is 60.4 Å². The minimum absolute atomic E-state index is 0.245. The molecule has 0 saturated carbocycles. The molecule has 0 unspecified atom stereocenters. The maximum atomic E-state index is 11.5. The first-order chi connectivity index (χ1) is 5.65. The van der Waals surface area contributed by atoms with E-state index in [-0.39, 0.29) is 13.1 Å². The van der Waals surface area contributed by atoms with Crippen molar-refractivity contribution in [3.8, 4) is 0 Å². The number of likely N-dealkylation sites (tertiary alicyclic amines) is 1. The molecule has 1 saturated heterocycles. The Hall–Kier alpha value is -0.610. The van der Waals surface area contributed by atoms with Crippen molar-refractivity contribution < 1.29 is 14.5 Å². The average molecular weight is 173 g/mol. The summed E-state index contributed by atoms with van der Waals surface area (Å²) in [5.41, 5.74) is 0. The van der Waals surface area contributed by atoms with Gasteiger partial charge in [-0.05, 0) is 25.7 Å². The third-order valence-electron chi connectivity index (χ3n) is 2.39. The lowest BCUT2D eigenvalue weighted by atomic mass is 10.1. The standard InChI is InChI=1S/C8H15NO3/c10-8(11)9(12)6-4-2-1-3-5-7-9/h1-7H2,(H,10,11). The van der Waals surface area contributed by atoms with E-state index < -0.39 is 10.7 Å². The third kappa shape index (κ3) is 2.19. The van der Waals surface area contributed by atoms with Crippen molar-refractivity contribution in [2.24, 2.45) is 0 Å². The van der Waals surface area contributed by atoms with E-state index in [2.05, 4.69) is 0 Å². The first-order valence-electron chi connectivity index (χ1n) is 4.47. The lowest BCUT2D eigenvalue weighted by molar-refractivity contribution is -0.808. The van der Waals surface area contributed by atoms with Gasteiger partial charge in [0.2, 0.25) is 0 Å². The predicted molar refractivity (Wildman–Crippen MR) is 44.5 cm³/mol. The largest absolute Gasteiger partial charge is 0.622 e. The summed E-state index contributed by atoms with van der Waals surface area (Å²) in [4.78, 5) is 10.6. The summed E-state index contributed by atoms with van der Waals surface area (Å²) in [5.74, 6) is 0. The van der Waals surface area contributed by atoms with Gasteiger partial charge in [0.15, 0.2) is 0 Å². The van der Waals surface area contributed by atoms with Gasteiger partial charge in [-0.15, -0.1) is 0 Å². The molecule has 4 nitrogen and oxygen atoms in total. The number of amides is 1. The van der Waals surface area contributed by atoms with Crippen molar-refractivity contribution in [3.63, 3.8) is 0 Å². The van der Waals surface area contributed by atoms with Gasteiger partial charge in [0, 0.05) is 0 Å². The highest BCUT2D eigenvalue weighted by Crippen LogP contribution is 2.16. The molecule has 1 rings (SSSR count). The summed E-state index contributed by atoms with van der Waals surface area (Å²) < 4.78 is -1.03. The SMILES string of the molecule is O=C(O)[N+]1([O-])CCCCCCC1. The number of hydrogen-bond acceptors (Lipinski definition) is 2. The maximum absolute atomic E-state index is 11.5. The molecule has 1 fully saturated rings. The maximum Gasteiger partial charge on any atom is 0.513 e. The van der Waals surface area contributed by atoms with Crippen LogP contribution in [-0.2, 0) is 0 Å². The van der Waals surface area contributed by atoms with Gasteiger partial charge < -0.3 is 10.3 Å². The molecule has 0 spiro atoms. The van der Waals surface area contributed by atoms with Gasteiger partial charge in [0.05, 0.1) is 13.1 Å². The van der Waals surface area contributed by atoms with Crippen LogP contribution in [0.4, 0.5) is 4.79 Å². The number of quaternary nitrogens is 1. The molecule has 0 aliphatic carbocycles. The fourth-order valence-corrected chi connectivity index (χ4v) is 1.57. The Morgan fingerprint density at radius 1 is 1.08 bits per heavy atom. The van der Waals surface area contributed by atoms with E-state index in [0.29, 0.717) is 0 Å². The molecular formula is C8H15NO3. The average Bonchev–Trinajstić information content (AvgIpc) is 1.97. The minimum Gasteiger partial charge on any atom is -0.622 e. The van der Waals surface area contributed by atoms with Crippen molar-refractivity contribution in [2.75, 3.05) is 13.1 Å². The van der Waals surface area contributed by atoms with Crippen LogP contribution in [0, 0.1) is 5.21 Å². The fraction of sp³-hybridized carbons (Fsp3) is 0.875. The predicted octanol–water partition coefficient (Wildman–Crippen LogP) is 1.94. The molecule has 1 aliphatic rings. The fourth-order valence-electron chi connectivity index (χ4n) is 1.57. The van der Waals surface area contributed by atoms with Crippen LogP contribution >= 0.6 is 0 Å². The minimum atomic E-state index is -1.23. The van der Waals surface area contributed by atoms with Crippen molar-refractivity contribution in [3.05, 3.63) is 5.21 Å². The van der Waals surface area contributed by atoms with E-state index >= 15 is 0 Å². The Morgan fingerprint density at radius 2 is 1.50 bits per heavy atom. The number of hydrogen-bond donors (Lipinski definition) is 1. The van der Waals surface area contributed by atoms with Crippen LogP contribution in [0.25, 0.3) is 0 Å². The Morgan fingerprint density at radius 3 is 1.92 bits per heavy atom. The molecule has 0 radical (unpaired) electrons. The Kier molecular flexibility index (Phi) is 3.05. The zero-order valence-corrected chi connectivity index (χ0v) is 7.16. The van der Waals surface area contributed by atoms with Crippen LogP contribution in [0.3, 0.4) is 0 Å². The highest BCUT2D eigenvalue weighted by atomic mass is 16.6. The molecule has 0 aromatic rings. The molecule has 1 amide bonds. The van der Waals surface area contributed by atoms with E-state index in [1.165, 1.54) is 0 Å². The monoisotopic (exact) mass is 173 g/mol. The quantitative estimate of drug-likeness (QED) is 0.450. The summed E-state index contributed by atoms with van der Waals surface area (Å²) in [6, 6.07) is 0. The van der Waals surface area contributed by atoms with Gasteiger partial charge in [0.25, 0.3) is 0 Å². The van der Waals surface area contributed by atoms with Gasteiger partial charge in [0.1, 0.15) is 0 Å². The van der Waals surface area contributed by atoms with Crippen LogP contribution in [0.1, 0.15) is 32.1 Å². The number of nitrogens with zero attached hydrogens (tertiary/aromatic N) is 1. The molecule has 0 aromatic heterocycles. The lowest BCUT2D eigenvalue weighted by Gasteiger charge is -2.37. The van der Waals surface area contributed by atoms with Gasteiger partial charge >= 0.3 is 6.09 Å². The lowest BCUT2D eigenvalue weighted by Crippen LogP contribution is -2.48. The van der Waals surface area contributed by atoms with Crippen molar-refractivity contribution in [2.45, 2.75) is 32.1 Å². The highest BCUT2D eigenvalue weighted by molar-refractivity contribution is 5.56. The first kappa shape index (κ1) is 9.48. The van der Waals surface area contributed by atoms with E-state index in [0.717, 1.165) is 32.1 Å². The normalized spacial score (nSPS) is 24.1. The van der Waals surface area contributed by atoms with Crippen LogP contribution in [0.15, 0.2) is 0 Å². The molecular weight excluding hydrogens is 158 g/mol. The van der Waals surface area contributed by atoms with Gasteiger partial charge in [-0.2, -0.15) is 4.79 Å². The summed E-state index contributed by atoms with van der Waals surface area (Å²) >= 11 is 0. The third-order valence-corrected chi connectivity index (χ3v) is 2.39. The smallest absolute Gasteiger partial charge is 0.513 e. The molecule has 0 aromatic carbocycles. The Bertz CT molecular complexity index is 162. The summed E-state index contributed by atoms with van der Waals surface area (Å²) in [6.07, 6.45) is 3.40. The van der Waals surface area contributed by atoms with E-state index in [9.17, 15) is 10.0 Å². The van der Waals surface area contributed by atoms with Crippen molar-refractivity contribution >= 4 is 6.09 Å². The van der Waals surface area contributed by atoms with Gasteiger partial charge in [-0.25, -0.2) is 0 Å². The van der Waals surface area contributed by atoms with E-state index in [1.807, 2.05) is 0 Å². The Balaban J connectivity index is 2.54. The van der Waals surface area contributed by atoms with Crippen LogP contribution in [0.2, 0.25) is 0 Å². The molecule has 1 aliphatic heterocycles. The zero-order valence-electron chi connectivity index (χ0n) is 7.16. The molecule has 1 N–H and O–H groups in total. The summed E-state index contributed by atoms with van der Waals surface area (Å²) in [7, 11) is 0. The first-order valence-corrected chi connectivity index (χ1v) is 4.47. The number of carboxylic acid groups (broad SMARTS) is 1. The number of rotatable bonds is 0. The van der Waals surface area contributed by atoms with Crippen LogP contribution < -0.4 is 0 Å². The zero-order chi connectivity index (χ0) is 9.03. The van der Waals surface area contributed by atoms with Crippen LogP contribution in [0.5, 0.6) is 0 Å². The van der Waals surface area contributed by atoms with Crippen molar-refractivity contribution in [1.82, 2.24) is 0 Å². The summed E-state index contributed by atoms with van der Waals surface area (Å²) in [5, 5.41) is 20.2. The second kappa shape index (κ2) is 3.87. The van der Waals surface area contributed by atoms with Gasteiger partial charge in [-0.1, -0.05) is 6.42 Å². The molecule has 1 heterocycles. The second-order valence-corrected chi connectivity index (χ2v) is 3.39. The number of carbonyl (C=O) groups is 1. The van der Waals surface area contributed by atoms with E-state index in [4.69, 9.17) is 5.11 Å². The number of hydroxylamine groups is 3. The second-order valence-electron chi connectivity index (χ2n) is 3.39. The van der Waals surface area contributed by atoms with E-state index in [1.54, 1.807) is 0 Å². The highest BCUT2D eigenvalue weighted by Gasteiger charge is 2.26. The van der Waals surface area contributed by atoms with Crippen LogP contribution in [-0.4, -0.2) is 28.9 Å². The molecule has 70 valence electrons. The molecule has 12 heavy (non-hydrogen) atoms. The molecule has 0 atom stereocenters. The molecule has 4 heteroatoms. The summed E-state index contributed by atoms with van der Waals surface area (Å²) in [6.45, 7) is 0.491. The van der Waals surface area contributed by atoms with Crippen molar-refractivity contribution in [1.29, 1.82) is 0 Å². The van der Waals surface area contributed by atoms with Gasteiger partial charge in [-0.3, -0.25) is 4.65 Å². The Labute approximate surface area is 72.0 Å².